The van der Waals surface area contributed by atoms with Crippen LogP contribution in [0, 0.1) is 11.2 Å². The first-order chi connectivity index (χ1) is 16.3. The highest BCUT2D eigenvalue weighted by Crippen LogP contribution is 2.48. The molecule has 1 N–H and O–H groups in total. The van der Waals surface area contributed by atoms with E-state index in [4.69, 9.17) is 14.2 Å². The van der Waals surface area contributed by atoms with E-state index in [1.54, 1.807) is 24.3 Å². The van der Waals surface area contributed by atoms with Crippen molar-refractivity contribution in [3.63, 3.8) is 0 Å². The normalized spacial score (nSPS) is 13.8. The zero-order chi connectivity index (χ0) is 24.5. The number of aromatic nitrogens is 1. The maximum absolute atomic E-state index is 14.9. The molecule has 3 aromatic rings. The van der Waals surface area contributed by atoms with Crippen LogP contribution in [0.25, 0.3) is 10.9 Å². The summed E-state index contributed by atoms with van der Waals surface area (Å²) in [5, 5.41) is 3.04. The number of rotatable bonds is 8. The summed E-state index contributed by atoms with van der Waals surface area (Å²) in [4.78, 5) is 41.0. The Hall–Kier alpha value is -4.01. The Balaban J connectivity index is 1.60. The molecule has 0 spiro atoms. The molecule has 2 aromatic carbocycles. The van der Waals surface area contributed by atoms with Gasteiger partial charge < -0.3 is 19.5 Å². The van der Waals surface area contributed by atoms with Crippen LogP contribution in [0.15, 0.2) is 42.6 Å². The van der Waals surface area contributed by atoms with Gasteiger partial charge in [-0.1, -0.05) is 6.07 Å². The van der Waals surface area contributed by atoms with E-state index < -0.39 is 17.2 Å². The van der Waals surface area contributed by atoms with Crippen molar-refractivity contribution in [2.75, 3.05) is 21.3 Å². The quantitative estimate of drug-likeness (QED) is 0.400. The van der Waals surface area contributed by atoms with Gasteiger partial charge in [0.25, 0.3) is 5.91 Å². The fourth-order valence-corrected chi connectivity index (χ4v) is 3.85. The lowest BCUT2D eigenvalue weighted by molar-refractivity contribution is -0.151. The van der Waals surface area contributed by atoms with Crippen LogP contribution in [-0.4, -0.2) is 43.9 Å². The van der Waals surface area contributed by atoms with Crippen LogP contribution in [-0.2, 0) is 20.7 Å². The SMILES string of the molecule is CNC(=O)c1cc2c(Oc3ccc(CC(=O)C4(C(=O)OC)CC4)cc3F)ccnc2cc1OC. The Bertz CT molecular complexity index is 1300. The van der Waals surface area contributed by atoms with Crippen LogP contribution < -0.4 is 14.8 Å². The van der Waals surface area contributed by atoms with Crippen molar-refractivity contribution in [1.82, 2.24) is 10.3 Å². The number of esters is 1. The smallest absolute Gasteiger partial charge is 0.319 e. The van der Waals surface area contributed by atoms with E-state index in [9.17, 15) is 18.8 Å². The van der Waals surface area contributed by atoms with Gasteiger partial charge in [-0.3, -0.25) is 19.4 Å². The second kappa shape index (κ2) is 9.09. The summed E-state index contributed by atoms with van der Waals surface area (Å²) in [7, 11) is 4.20. The molecule has 9 heteroatoms. The number of ether oxygens (including phenoxy) is 3. The van der Waals surface area contributed by atoms with Crippen molar-refractivity contribution in [3.8, 4) is 17.2 Å². The molecule has 176 valence electrons. The number of halogens is 1. The molecule has 1 aromatic heterocycles. The van der Waals surface area contributed by atoms with Gasteiger partial charge in [0.05, 0.1) is 25.3 Å². The molecule has 4 rings (SSSR count). The van der Waals surface area contributed by atoms with Gasteiger partial charge in [-0.05, 0) is 42.7 Å². The van der Waals surface area contributed by atoms with Crippen molar-refractivity contribution in [2.24, 2.45) is 5.41 Å². The lowest BCUT2D eigenvalue weighted by Crippen LogP contribution is -2.28. The van der Waals surface area contributed by atoms with Crippen LogP contribution >= 0.6 is 0 Å². The number of hydrogen-bond donors (Lipinski definition) is 1. The number of ketones is 1. The van der Waals surface area contributed by atoms with E-state index in [-0.39, 0.29) is 29.4 Å². The van der Waals surface area contributed by atoms with Gasteiger partial charge >= 0.3 is 5.97 Å². The van der Waals surface area contributed by atoms with Crippen LogP contribution in [0.2, 0.25) is 0 Å². The minimum absolute atomic E-state index is 0.0601. The van der Waals surface area contributed by atoms with E-state index in [1.165, 1.54) is 39.6 Å². The number of benzene rings is 2. The molecule has 0 atom stereocenters. The third-order valence-corrected chi connectivity index (χ3v) is 5.94. The number of amides is 1. The van der Waals surface area contributed by atoms with Crippen LogP contribution in [0.5, 0.6) is 17.2 Å². The van der Waals surface area contributed by atoms with Gasteiger partial charge in [0.15, 0.2) is 17.3 Å². The summed E-state index contributed by atoms with van der Waals surface area (Å²) in [6.45, 7) is 0. The zero-order valence-electron chi connectivity index (χ0n) is 18.9. The van der Waals surface area contributed by atoms with E-state index in [2.05, 4.69) is 10.3 Å². The summed E-state index contributed by atoms with van der Waals surface area (Å²) in [6, 6.07) is 8.95. The van der Waals surface area contributed by atoms with Crippen LogP contribution in [0.1, 0.15) is 28.8 Å². The number of Topliss-reactive ketones (excluding diaryl/α,β-unsaturated/α-hetero) is 1. The van der Waals surface area contributed by atoms with Crippen molar-refractivity contribution in [1.29, 1.82) is 0 Å². The van der Waals surface area contributed by atoms with Crippen LogP contribution in [0.4, 0.5) is 4.39 Å². The topological polar surface area (TPSA) is 104 Å². The standard InChI is InChI=1S/C25H23FN2O6/c1-27-23(30)16-12-15-18(13-21(16)32-2)28-9-6-19(15)34-20-5-4-14(10-17(20)26)11-22(29)25(7-8-25)24(31)33-3/h4-6,9-10,12-13H,7-8,11H2,1-3H3,(H,27,30). The lowest BCUT2D eigenvalue weighted by atomic mass is 9.95. The monoisotopic (exact) mass is 466 g/mol. The zero-order valence-corrected chi connectivity index (χ0v) is 18.9. The molecule has 1 aliphatic carbocycles. The Kier molecular flexibility index (Phi) is 6.19. The average Bonchev–Trinajstić information content (AvgIpc) is 3.66. The highest BCUT2D eigenvalue weighted by Gasteiger charge is 2.56. The van der Waals surface area contributed by atoms with Crippen molar-refractivity contribution in [2.45, 2.75) is 19.3 Å². The summed E-state index contributed by atoms with van der Waals surface area (Å²) < 4.78 is 30.7. The van der Waals surface area contributed by atoms with E-state index in [1.807, 2.05) is 0 Å². The predicted octanol–water partition coefficient (Wildman–Crippen LogP) is 3.60. The number of nitrogens with one attached hydrogen (secondary N) is 1. The molecule has 1 saturated carbocycles. The summed E-state index contributed by atoms with van der Waals surface area (Å²) in [6.07, 6.45) is 2.31. The number of carbonyl (C=O) groups is 3. The third kappa shape index (κ3) is 4.16. The van der Waals surface area contributed by atoms with Crippen molar-refractivity contribution >= 4 is 28.6 Å². The summed E-state index contributed by atoms with van der Waals surface area (Å²) in [5.41, 5.74) is 0.114. The number of nitrogens with zero attached hydrogens (tertiary/aromatic N) is 1. The Morgan fingerprint density at radius 2 is 1.82 bits per heavy atom. The van der Waals surface area contributed by atoms with E-state index in [0.29, 0.717) is 40.8 Å². The van der Waals surface area contributed by atoms with Gasteiger partial charge in [-0.15, -0.1) is 0 Å². The number of carbonyl (C=O) groups excluding carboxylic acids is 3. The number of fused-ring (bicyclic) bond motifs is 1. The fourth-order valence-electron chi connectivity index (χ4n) is 3.85. The number of methoxy groups -OCH3 is 2. The molecular weight excluding hydrogens is 443 g/mol. The molecule has 1 amide bonds. The first kappa shape index (κ1) is 23.2. The van der Waals surface area contributed by atoms with Crippen molar-refractivity contribution in [3.05, 3.63) is 59.5 Å². The van der Waals surface area contributed by atoms with Gasteiger partial charge in [-0.2, -0.15) is 0 Å². The fraction of sp³-hybridized carbons (Fsp3) is 0.280. The largest absolute Gasteiger partial charge is 0.496 e. The molecule has 1 aliphatic rings. The molecule has 0 bridgehead atoms. The summed E-state index contributed by atoms with van der Waals surface area (Å²) >= 11 is 0. The Morgan fingerprint density at radius 3 is 2.44 bits per heavy atom. The second-order valence-corrected chi connectivity index (χ2v) is 8.00. The molecule has 0 aliphatic heterocycles. The molecule has 8 nitrogen and oxygen atoms in total. The number of hydrogen-bond acceptors (Lipinski definition) is 7. The highest BCUT2D eigenvalue weighted by atomic mass is 19.1. The Labute approximate surface area is 195 Å². The van der Waals surface area contributed by atoms with E-state index >= 15 is 0 Å². The molecule has 0 saturated heterocycles. The van der Waals surface area contributed by atoms with Gasteiger partial charge in [0.2, 0.25) is 0 Å². The minimum atomic E-state index is -1.10. The molecule has 1 fully saturated rings. The van der Waals surface area contributed by atoms with Gasteiger partial charge in [-0.25, -0.2) is 4.39 Å². The first-order valence-corrected chi connectivity index (χ1v) is 10.6. The number of pyridine rings is 1. The van der Waals surface area contributed by atoms with Crippen molar-refractivity contribution < 1.29 is 33.0 Å². The molecule has 0 unspecified atom stereocenters. The molecule has 0 radical (unpaired) electrons. The Morgan fingerprint density at radius 1 is 1.06 bits per heavy atom. The molecule has 1 heterocycles. The lowest BCUT2D eigenvalue weighted by Gasteiger charge is -2.14. The van der Waals surface area contributed by atoms with E-state index in [0.717, 1.165) is 0 Å². The molecule has 34 heavy (non-hydrogen) atoms. The van der Waals surface area contributed by atoms with Crippen LogP contribution in [0.3, 0.4) is 0 Å². The van der Waals surface area contributed by atoms with Gasteiger partial charge in [0, 0.05) is 31.1 Å². The van der Waals surface area contributed by atoms with Gasteiger partial charge in [0.1, 0.15) is 16.9 Å². The maximum atomic E-state index is 14.9. The maximum Gasteiger partial charge on any atom is 0.319 e. The first-order valence-electron chi connectivity index (χ1n) is 10.6. The summed E-state index contributed by atoms with van der Waals surface area (Å²) in [5.74, 6) is -1.28. The highest BCUT2D eigenvalue weighted by molar-refractivity contribution is 6.07. The third-order valence-electron chi connectivity index (χ3n) is 5.94. The average molecular weight is 466 g/mol. The second-order valence-electron chi connectivity index (χ2n) is 8.00. The molecular formula is C25H23FN2O6. The predicted molar refractivity (Wildman–Crippen MR) is 121 cm³/mol. The minimum Gasteiger partial charge on any atom is -0.496 e.